The highest BCUT2D eigenvalue weighted by Crippen LogP contribution is 2.33. The molecule has 0 aliphatic heterocycles. The lowest BCUT2D eigenvalue weighted by Gasteiger charge is -2.24. The first-order valence-corrected chi connectivity index (χ1v) is 9.18. The maximum Gasteiger partial charge on any atom is 0.244 e. The Labute approximate surface area is 136 Å². The normalized spacial score (nSPS) is 16.8. The van der Waals surface area contributed by atoms with E-state index in [-0.39, 0.29) is 16.0 Å². The molecule has 0 atom stereocenters. The van der Waals surface area contributed by atoms with Gasteiger partial charge in [0.2, 0.25) is 10.0 Å². The molecule has 4 nitrogen and oxygen atoms in total. The molecule has 0 saturated heterocycles. The fraction of sp³-hybridized carbons (Fsp3) is 0.571. The van der Waals surface area contributed by atoms with E-state index in [2.05, 4.69) is 5.32 Å². The molecule has 1 aliphatic carbocycles. The summed E-state index contributed by atoms with van der Waals surface area (Å²) in [6.07, 6.45) is 3.96. The number of sulfonamides is 1. The van der Waals surface area contributed by atoms with Gasteiger partial charge in [-0.3, -0.25) is 0 Å². The molecule has 1 aromatic rings. The third kappa shape index (κ3) is 3.54. The summed E-state index contributed by atoms with van der Waals surface area (Å²) in [4.78, 5) is 0.133. The van der Waals surface area contributed by atoms with Crippen molar-refractivity contribution in [2.24, 2.45) is 0 Å². The summed E-state index contributed by atoms with van der Waals surface area (Å²) in [5.41, 5.74) is 0.724. The Balaban J connectivity index is 2.41. The van der Waals surface area contributed by atoms with Crippen LogP contribution in [0.25, 0.3) is 0 Å². The van der Waals surface area contributed by atoms with Crippen LogP contribution >= 0.6 is 23.2 Å². The molecule has 2 rings (SSSR count). The van der Waals surface area contributed by atoms with Gasteiger partial charge < -0.3 is 5.32 Å². The van der Waals surface area contributed by atoms with Crippen LogP contribution in [0, 0.1) is 0 Å². The zero-order valence-corrected chi connectivity index (χ0v) is 14.5. The Morgan fingerprint density at radius 1 is 1.24 bits per heavy atom. The fourth-order valence-electron chi connectivity index (χ4n) is 2.71. The summed E-state index contributed by atoms with van der Waals surface area (Å²) < 4.78 is 27.0. The molecular formula is C14H20Cl2N2O2S. The van der Waals surface area contributed by atoms with Crippen molar-refractivity contribution in [3.63, 3.8) is 0 Å². The van der Waals surface area contributed by atoms with Gasteiger partial charge >= 0.3 is 0 Å². The lowest BCUT2D eigenvalue weighted by atomic mass is 10.2. The molecule has 1 fully saturated rings. The Morgan fingerprint density at radius 3 is 2.43 bits per heavy atom. The summed E-state index contributed by atoms with van der Waals surface area (Å²) in [6.45, 7) is 0.492. The van der Waals surface area contributed by atoms with Gasteiger partial charge in [-0.25, -0.2) is 8.42 Å². The Bertz CT molecular complexity index is 614. The van der Waals surface area contributed by atoms with E-state index >= 15 is 0 Å². The van der Waals surface area contributed by atoms with Crippen LogP contribution in [0.1, 0.15) is 31.2 Å². The SMILES string of the molecule is CNCc1cc(S(=O)(=O)N(C)C2CCCC2)c(Cl)cc1Cl. The van der Waals surface area contributed by atoms with Crippen LogP contribution in [0.3, 0.4) is 0 Å². The first kappa shape index (κ1) is 17.0. The molecule has 7 heteroatoms. The molecule has 1 N–H and O–H groups in total. The Hall–Kier alpha value is -0.330. The van der Waals surface area contributed by atoms with Crippen molar-refractivity contribution in [1.29, 1.82) is 0 Å². The summed E-state index contributed by atoms with van der Waals surface area (Å²) in [6, 6.07) is 3.14. The van der Waals surface area contributed by atoms with Crippen molar-refractivity contribution in [3.05, 3.63) is 27.7 Å². The average Bonchev–Trinajstić information content (AvgIpc) is 2.94. The molecule has 0 unspecified atom stereocenters. The number of nitrogens with zero attached hydrogens (tertiary/aromatic N) is 1. The van der Waals surface area contributed by atoms with E-state index in [1.54, 1.807) is 20.2 Å². The van der Waals surface area contributed by atoms with Gasteiger partial charge in [0, 0.05) is 24.7 Å². The van der Waals surface area contributed by atoms with Gasteiger partial charge in [-0.2, -0.15) is 4.31 Å². The first-order valence-electron chi connectivity index (χ1n) is 6.98. The molecule has 1 saturated carbocycles. The number of nitrogens with one attached hydrogen (secondary N) is 1. The van der Waals surface area contributed by atoms with Gasteiger partial charge in [0.1, 0.15) is 4.90 Å². The smallest absolute Gasteiger partial charge is 0.244 e. The molecule has 1 aliphatic rings. The lowest BCUT2D eigenvalue weighted by molar-refractivity contribution is 0.373. The number of hydrogen-bond donors (Lipinski definition) is 1. The lowest BCUT2D eigenvalue weighted by Crippen LogP contribution is -2.35. The topological polar surface area (TPSA) is 49.4 Å². The molecule has 0 bridgehead atoms. The predicted molar refractivity (Wildman–Crippen MR) is 86.4 cm³/mol. The first-order chi connectivity index (χ1) is 9.87. The van der Waals surface area contributed by atoms with E-state index in [1.807, 2.05) is 0 Å². The molecule has 0 spiro atoms. The van der Waals surface area contributed by atoms with Crippen LogP contribution in [0.15, 0.2) is 17.0 Å². The summed E-state index contributed by atoms with van der Waals surface area (Å²) >= 11 is 12.2. The van der Waals surface area contributed by atoms with Crippen molar-refractivity contribution in [2.75, 3.05) is 14.1 Å². The van der Waals surface area contributed by atoms with Crippen molar-refractivity contribution in [3.8, 4) is 0 Å². The van der Waals surface area contributed by atoms with Crippen LogP contribution in [0.4, 0.5) is 0 Å². The minimum Gasteiger partial charge on any atom is -0.316 e. The monoisotopic (exact) mass is 350 g/mol. The van der Waals surface area contributed by atoms with Gasteiger partial charge in [-0.1, -0.05) is 36.0 Å². The standard InChI is InChI=1S/C14H20Cl2N2O2S/c1-17-9-10-7-14(13(16)8-12(10)15)21(19,20)18(2)11-5-3-4-6-11/h7-8,11,17H,3-6,9H2,1-2H3. The predicted octanol–water partition coefficient (Wildman–Crippen LogP) is 3.28. The number of hydrogen-bond acceptors (Lipinski definition) is 3. The van der Waals surface area contributed by atoms with E-state index in [9.17, 15) is 8.42 Å². The molecule has 118 valence electrons. The minimum absolute atomic E-state index is 0.0643. The quantitative estimate of drug-likeness (QED) is 0.886. The second-order valence-corrected chi connectivity index (χ2v) is 8.14. The van der Waals surface area contributed by atoms with Crippen LogP contribution in [0.2, 0.25) is 10.0 Å². The van der Waals surface area contributed by atoms with Crippen LogP contribution in [-0.2, 0) is 16.6 Å². The number of benzene rings is 1. The third-order valence-corrected chi connectivity index (χ3v) is 6.69. The largest absolute Gasteiger partial charge is 0.316 e. The second kappa shape index (κ2) is 6.84. The van der Waals surface area contributed by atoms with E-state index in [0.717, 1.165) is 31.2 Å². The summed E-state index contributed by atoms with van der Waals surface area (Å²) in [5.74, 6) is 0. The number of rotatable bonds is 5. The minimum atomic E-state index is -3.60. The van der Waals surface area contributed by atoms with E-state index in [1.165, 1.54) is 10.4 Å². The highest BCUT2D eigenvalue weighted by atomic mass is 35.5. The summed E-state index contributed by atoms with van der Waals surface area (Å²) in [7, 11) is -0.181. The van der Waals surface area contributed by atoms with Gasteiger partial charge in [0.25, 0.3) is 0 Å². The zero-order valence-electron chi connectivity index (χ0n) is 12.2. The zero-order chi connectivity index (χ0) is 15.6. The molecule has 1 aromatic carbocycles. The van der Waals surface area contributed by atoms with Crippen LogP contribution < -0.4 is 5.32 Å². The van der Waals surface area contributed by atoms with Crippen molar-refractivity contribution in [2.45, 2.75) is 43.2 Å². The summed E-state index contributed by atoms with van der Waals surface area (Å²) in [5, 5.41) is 3.61. The highest BCUT2D eigenvalue weighted by Gasteiger charge is 2.31. The average molecular weight is 351 g/mol. The fourth-order valence-corrected chi connectivity index (χ4v) is 4.97. The van der Waals surface area contributed by atoms with Crippen LogP contribution in [0.5, 0.6) is 0 Å². The maximum absolute atomic E-state index is 12.8. The van der Waals surface area contributed by atoms with Gasteiger partial charge in [-0.15, -0.1) is 0 Å². The maximum atomic E-state index is 12.8. The molecule has 0 aromatic heterocycles. The molecule has 21 heavy (non-hydrogen) atoms. The Kier molecular flexibility index (Phi) is 5.54. The van der Waals surface area contributed by atoms with Gasteiger partial charge in [0.05, 0.1) is 5.02 Å². The van der Waals surface area contributed by atoms with Gasteiger partial charge in [-0.05, 0) is 37.6 Å². The van der Waals surface area contributed by atoms with E-state index in [4.69, 9.17) is 23.2 Å². The molecule has 0 radical (unpaired) electrons. The molecule has 0 amide bonds. The van der Waals surface area contributed by atoms with Crippen molar-refractivity contribution >= 4 is 33.2 Å². The van der Waals surface area contributed by atoms with Crippen molar-refractivity contribution < 1.29 is 8.42 Å². The van der Waals surface area contributed by atoms with Gasteiger partial charge in [0.15, 0.2) is 0 Å². The second-order valence-electron chi connectivity index (χ2n) is 5.36. The molecule has 0 heterocycles. The van der Waals surface area contributed by atoms with E-state index < -0.39 is 10.0 Å². The van der Waals surface area contributed by atoms with Crippen LogP contribution in [-0.4, -0.2) is 32.9 Å². The Morgan fingerprint density at radius 2 is 1.86 bits per heavy atom. The highest BCUT2D eigenvalue weighted by molar-refractivity contribution is 7.89. The number of halogens is 2. The molecular weight excluding hydrogens is 331 g/mol. The third-order valence-electron chi connectivity index (χ3n) is 3.96. The van der Waals surface area contributed by atoms with Crippen molar-refractivity contribution in [1.82, 2.24) is 9.62 Å². The van der Waals surface area contributed by atoms with E-state index in [0.29, 0.717) is 11.6 Å².